The molecule has 1 aliphatic carbocycles. The molecule has 2 aliphatic rings. The molecule has 0 unspecified atom stereocenters. The lowest BCUT2D eigenvalue weighted by Gasteiger charge is -2.21. The van der Waals surface area contributed by atoms with E-state index in [1.807, 2.05) is 17.0 Å². The molecule has 1 aliphatic heterocycles. The Morgan fingerprint density at radius 3 is 2.59 bits per heavy atom. The van der Waals surface area contributed by atoms with Crippen LogP contribution in [-0.4, -0.2) is 23.3 Å². The number of carbonyl (C=O) groups excluding carboxylic acids is 2. The standard InChI is InChI=1S/C22H23N3O4/c1-14-12-17(6-8-19(14)25(28)29)21(26)23-18-7-9-20-16(13-18)10-11-24(20)22(27)15-4-2-3-5-15/h6-9,12-13,15H,2-5,10-11H2,1H3,(H,23,26). The molecule has 1 saturated carbocycles. The maximum atomic E-state index is 12.8. The van der Waals surface area contributed by atoms with Crippen molar-refractivity contribution in [3.8, 4) is 0 Å². The Labute approximate surface area is 168 Å². The molecule has 1 N–H and O–H groups in total. The lowest BCUT2D eigenvalue weighted by Crippen LogP contribution is -2.33. The quantitative estimate of drug-likeness (QED) is 0.621. The molecule has 2 aromatic carbocycles. The topological polar surface area (TPSA) is 92.6 Å². The third-order valence-electron chi connectivity index (χ3n) is 5.86. The number of nitrogens with one attached hydrogen (secondary N) is 1. The van der Waals surface area contributed by atoms with Gasteiger partial charge in [0.05, 0.1) is 4.92 Å². The van der Waals surface area contributed by atoms with Crippen LogP contribution in [0.4, 0.5) is 17.1 Å². The average molecular weight is 393 g/mol. The van der Waals surface area contributed by atoms with Crippen molar-refractivity contribution < 1.29 is 14.5 Å². The molecule has 2 amide bonds. The first kappa shape index (κ1) is 19.1. The Bertz CT molecular complexity index is 996. The molecule has 4 rings (SSSR count). The van der Waals surface area contributed by atoms with Crippen LogP contribution in [-0.2, 0) is 11.2 Å². The summed E-state index contributed by atoms with van der Waals surface area (Å²) in [6.07, 6.45) is 4.99. The van der Waals surface area contributed by atoms with Crippen molar-refractivity contribution in [3.63, 3.8) is 0 Å². The van der Waals surface area contributed by atoms with Crippen molar-refractivity contribution in [2.45, 2.75) is 39.0 Å². The molecule has 0 saturated heterocycles. The molecule has 1 heterocycles. The zero-order valence-electron chi connectivity index (χ0n) is 16.3. The van der Waals surface area contributed by atoms with E-state index >= 15 is 0 Å². The number of nitro groups is 1. The first-order chi connectivity index (χ1) is 13.9. The van der Waals surface area contributed by atoms with Crippen molar-refractivity contribution in [2.75, 3.05) is 16.8 Å². The van der Waals surface area contributed by atoms with Gasteiger partial charge in [0.25, 0.3) is 11.6 Å². The second-order valence-corrected chi connectivity index (χ2v) is 7.78. The van der Waals surface area contributed by atoms with Gasteiger partial charge in [-0.1, -0.05) is 12.8 Å². The highest BCUT2D eigenvalue weighted by Gasteiger charge is 2.31. The van der Waals surface area contributed by atoms with Crippen molar-refractivity contribution in [2.24, 2.45) is 5.92 Å². The van der Waals surface area contributed by atoms with Gasteiger partial charge in [0, 0.05) is 41.0 Å². The number of fused-ring (bicyclic) bond motifs is 1. The van der Waals surface area contributed by atoms with Gasteiger partial charge >= 0.3 is 0 Å². The minimum atomic E-state index is -0.462. The fourth-order valence-corrected chi connectivity index (χ4v) is 4.31. The summed E-state index contributed by atoms with van der Waals surface area (Å²) in [6, 6.07) is 9.92. The third-order valence-corrected chi connectivity index (χ3v) is 5.86. The van der Waals surface area contributed by atoms with Crippen molar-refractivity contribution in [1.29, 1.82) is 0 Å². The normalized spacial score (nSPS) is 16.0. The second kappa shape index (κ2) is 7.66. The zero-order valence-corrected chi connectivity index (χ0v) is 16.3. The van der Waals surface area contributed by atoms with Gasteiger partial charge in [0.15, 0.2) is 0 Å². The summed E-state index contributed by atoms with van der Waals surface area (Å²) in [4.78, 5) is 37.7. The van der Waals surface area contributed by atoms with Crippen LogP contribution < -0.4 is 10.2 Å². The predicted molar refractivity (Wildman–Crippen MR) is 110 cm³/mol. The summed E-state index contributed by atoms with van der Waals surface area (Å²) in [5, 5.41) is 13.8. The van der Waals surface area contributed by atoms with Gasteiger partial charge in [-0.05, 0) is 62.1 Å². The van der Waals surface area contributed by atoms with Gasteiger partial charge in [0.2, 0.25) is 5.91 Å². The third kappa shape index (κ3) is 3.72. The molecule has 7 heteroatoms. The lowest BCUT2D eigenvalue weighted by molar-refractivity contribution is -0.385. The summed E-state index contributed by atoms with van der Waals surface area (Å²) in [5.74, 6) is 0.0462. The van der Waals surface area contributed by atoms with Gasteiger partial charge in [0.1, 0.15) is 0 Å². The van der Waals surface area contributed by atoms with Crippen molar-refractivity contribution in [3.05, 3.63) is 63.2 Å². The van der Waals surface area contributed by atoms with Crippen LogP contribution >= 0.6 is 0 Å². The van der Waals surface area contributed by atoms with Crippen molar-refractivity contribution in [1.82, 2.24) is 0 Å². The number of benzene rings is 2. The zero-order chi connectivity index (χ0) is 20.5. The summed E-state index contributed by atoms with van der Waals surface area (Å²) in [6.45, 7) is 2.30. The number of nitro benzene ring substituents is 1. The fraction of sp³-hybridized carbons (Fsp3) is 0.364. The lowest BCUT2D eigenvalue weighted by atomic mass is 10.1. The van der Waals surface area contributed by atoms with Gasteiger partial charge in [-0.25, -0.2) is 0 Å². The minimum absolute atomic E-state index is 0.00824. The van der Waals surface area contributed by atoms with Crippen LogP contribution in [0.15, 0.2) is 36.4 Å². The number of hydrogen-bond donors (Lipinski definition) is 1. The molecular formula is C22H23N3O4. The highest BCUT2D eigenvalue weighted by molar-refractivity contribution is 6.05. The Hall–Kier alpha value is -3.22. The molecule has 0 aromatic heterocycles. The SMILES string of the molecule is Cc1cc(C(=O)Nc2ccc3c(c2)CCN3C(=O)C2CCCC2)ccc1[N+](=O)[O-]. The number of anilines is 2. The molecule has 0 radical (unpaired) electrons. The van der Waals surface area contributed by atoms with Crippen molar-refractivity contribution >= 4 is 28.9 Å². The Morgan fingerprint density at radius 1 is 1.14 bits per heavy atom. The Kier molecular flexibility index (Phi) is 5.05. The number of nitrogens with zero attached hydrogens (tertiary/aromatic N) is 2. The Morgan fingerprint density at radius 2 is 1.90 bits per heavy atom. The van der Waals surface area contributed by atoms with Gasteiger partial charge in [-0.2, -0.15) is 0 Å². The van der Waals surface area contributed by atoms with E-state index in [2.05, 4.69) is 5.32 Å². The number of hydrogen-bond acceptors (Lipinski definition) is 4. The van der Waals surface area contributed by atoms with Crippen LogP contribution in [0.5, 0.6) is 0 Å². The van der Waals surface area contributed by atoms with Gasteiger partial charge in [-0.15, -0.1) is 0 Å². The molecule has 2 aromatic rings. The number of rotatable bonds is 4. The summed E-state index contributed by atoms with van der Waals surface area (Å²) < 4.78 is 0. The van der Waals surface area contributed by atoms with E-state index in [0.29, 0.717) is 23.4 Å². The highest BCUT2D eigenvalue weighted by atomic mass is 16.6. The number of aryl methyl sites for hydroxylation is 1. The van der Waals surface area contributed by atoms with E-state index in [4.69, 9.17) is 0 Å². The first-order valence-corrected chi connectivity index (χ1v) is 9.95. The second-order valence-electron chi connectivity index (χ2n) is 7.78. The minimum Gasteiger partial charge on any atom is -0.322 e. The molecule has 0 bridgehead atoms. The molecule has 0 spiro atoms. The highest BCUT2D eigenvalue weighted by Crippen LogP contribution is 2.35. The monoisotopic (exact) mass is 393 g/mol. The molecule has 150 valence electrons. The van der Waals surface area contributed by atoms with E-state index < -0.39 is 4.92 Å². The van der Waals surface area contributed by atoms with E-state index in [1.165, 1.54) is 18.2 Å². The molecule has 7 nitrogen and oxygen atoms in total. The molecule has 0 atom stereocenters. The average Bonchev–Trinajstić information content (AvgIpc) is 3.37. The van der Waals surface area contributed by atoms with E-state index in [-0.39, 0.29) is 23.4 Å². The van der Waals surface area contributed by atoms with Crippen LogP contribution in [0, 0.1) is 23.0 Å². The maximum Gasteiger partial charge on any atom is 0.272 e. The smallest absolute Gasteiger partial charge is 0.272 e. The van der Waals surface area contributed by atoms with Gasteiger partial charge < -0.3 is 10.2 Å². The summed E-state index contributed by atoms with van der Waals surface area (Å²) in [5.41, 5.74) is 3.44. The van der Waals surface area contributed by atoms with Crippen LogP contribution in [0.2, 0.25) is 0 Å². The summed E-state index contributed by atoms with van der Waals surface area (Å²) in [7, 11) is 0. The molecule has 29 heavy (non-hydrogen) atoms. The maximum absolute atomic E-state index is 12.8. The van der Waals surface area contributed by atoms with Crippen LogP contribution in [0.3, 0.4) is 0 Å². The van der Waals surface area contributed by atoms with Crippen LogP contribution in [0.1, 0.15) is 47.2 Å². The first-order valence-electron chi connectivity index (χ1n) is 9.95. The molecular weight excluding hydrogens is 370 g/mol. The fourth-order valence-electron chi connectivity index (χ4n) is 4.31. The largest absolute Gasteiger partial charge is 0.322 e. The summed E-state index contributed by atoms with van der Waals surface area (Å²) >= 11 is 0. The predicted octanol–water partition coefficient (Wildman–Crippen LogP) is 4.23. The van der Waals surface area contributed by atoms with E-state index in [9.17, 15) is 19.7 Å². The molecule has 1 fully saturated rings. The Balaban J connectivity index is 1.48. The van der Waals surface area contributed by atoms with Gasteiger partial charge in [-0.3, -0.25) is 19.7 Å². The van der Waals surface area contributed by atoms with E-state index in [0.717, 1.165) is 43.4 Å². The number of amides is 2. The number of carbonyl (C=O) groups is 2. The van der Waals surface area contributed by atoms with E-state index in [1.54, 1.807) is 13.0 Å². The van der Waals surface area contributed by atoms with Crippen LogP contribution in [0.25, 0.3) is 0 Å².